The fourth-order valence-corrected chi connectivity index (χ4v) is 2.83. The number of hydrogen-bond acceptors (Lipinski definition) is 3. The van der Waals surface area contributed by atoms with E-state index in [0.29, 0.717) is 6.10 Å². The Hall–Kier alpha value is -1.62. The first kappa shape index (κ1) is 14.3. The molecule has 5 heteroatoms. The van der Waals surface area contributed by atoms with Gasteiger partial charge in [-0.25, -0.2) is 5.43 Å². The van der Waals surface area contributed by atoms with Crippen LogP contribution in [0.1, 0.15) is 42.6 Å². The molecule has 0 spiro atoms. The molecule has 1 aliphatic carbocycles. The van der Waals surface area contributed by atoms with Gasteiger partial charge in [-0.2, -0.15) is 5.10 Å². The number of rotatable bonds is 5. The van der Waals surface area contributed by atoms with Crippen molar-refractivity contribution in [3.05, 3.63) is 23.0 Å². The number of aromatic nitrogens is 1. The highest BCUT2D eigenvalue weighted by Gasteiger charge is 2.29. The van der Waals surface area contributed by atoms with E-state index in [1.54, 1.807) is 6.21 Å². The summed E-state index contributed by atoms with van der Waals surface area (Å²) in [6.07, 6.45) is 6.36. The summed E-state index contributed by atoms with van der Waals surface area (Å²) < 4.78 is 7.99. The van der Waals surface area contributed by atoms with Crippen LogP contribution in [0.4, 0.5) is 0 Å². The molecular weight excluding hydrogens is 266 g/mol. The standard InChI is InChI=1S/C16H23N3O2/c1-11-8-14(9-17-18-16(20)13-5-6-13)12(2)19(11)10-15-4-3-7-21-15/h8-9,13,15H,3-7,10H2,1-2H3,(H,18,20)/b17-9-/t15-/m1/s1. The number of nitrogens with one attached hydrogen (secondary N) is 1. The molecule has 1 saturated carbocycles. The van der Waals surface area contributed by atoms with E-state index in [1.165, 1.54) is 11.4 Å². The predicted octanol–water partition coefficient (Wildman–Crippen LogP) is 2.14. The third-order valence-electron chi connectivity index (χ3n) is 4.35. The number of ether oxygens (including phenoxy) is 1. The van der Waals surface area contributed by atoms with E-state index in [1.807, 2.05) is 0 Å². The highest BCUT2D eigenvalue weighted by Crippen LogP contribution is 2.28. The molecule has 1 N–H and O–H groups in total. The molecule has 5 nitrogen and oxygen atoms in total. The lowest BCUT2D eigenvalue weighted by Crippen LogP contribution is -2.19. The molecular formula is C16H23N3O2. The molecule has 0 bridgehead atoms. The van der Waals surface area contributed by atoms with Crippen LogP contribution in [0.15, 0.2) is 11.2 Å². The minimum Gasteiger partial charge on any atom is -0.376 e. The molecule has 114 valence electrons. The number of hydrogen-bond donors (Lipinski definition) is 1. The van der Waals surface area contributed by atoms with Crippen LogP contribution < -0.4 is 5.43 Å². The highest BCUT2D eigenvalue weighted by atomic mass is 16.5. The number of aryl methyl sites for hydroxylation is 1. The predicted molar refractivity (Wildman–Crippen MR) is 81.3 cm³/mol. The van der Waals surface area contributed by atoms with Crippen molar-refractivity contribution in [2.75, 3.05) is 6.61 Å². The Morgan fingerprint density at radius 1 is 1.48 bits per heavy atom. The van der Waals surface area contributed by atoms with Crippen LogP contribution in [0.2, 0.25) is 0 Å². The molecule has 2 fully saturated rings. The summed E-state index contributed by atoms with van der Waals surface area (Å²) in [6, 6.07) is 2.11. The van der Waals surface area contributed by atoms with E-state index < -0.39 is 0 Å². The number of amides is 1. The van der Waals surface area contributed by atoms with Gasteiger partial charge in [-0.15, -0.1) is 0 Å². The average Bonchev–Trinajstić information content (AvgIpc) is 3.14. The normalized spacial score (nSPS) is 22.1. The smallest absolute Gasteiger partial charge is 0.243 e. The Morgan fingerprint density at radius 2 is 2.29 bits per heavy atom. The third kappa shape index (κ3) is 3.35. The Labute approximate surface area is 125 Å². The summed E-state index contributed by atoms with van der Waals surface area (Å²) in [5.74, 6) is 0.230. The number of carbonyl (C=O) groups is 1. The van der Waals surface area contributed by atoms with Crippen LogP contribution in [0.25, 0.3) is 0 Å². The lowest BCUT2D eigenvalue weighted by Gasteiger charge is -2.14. The summed E-state index contributed by atoms with van der Waals surface area (Å²) in [5.41, 5.74) is 6.06. The van der Waals surface area contributed by atoms with Crippen molar-refractivity contribution in [3.8, 4) is 0 Å². The number of carbonyl (C=O) groups excluding carboxylic acids is 1. The molecule has 1 atom stereocenters. The molecule has 1 saturated heterocycles. The first-order valence-electron chi connectivity index (χ1n) is 7.76. The van der Waals surface area contributed by atoms with Gasteiger partial charge >= 0.3 is 0 Å². The molecule has 1 aromatic rings. The van der Waals surface area contributed by atoms with Gasteiger partial charge in [0, 0.05) is 36.0 Å². The largest absolute Gasteiger partial charge is 0.376 e. The molecule has 21 heavy (non-hydrogen) atoms. The fourth-order valence-electron chi connectivity index (χ4n) is 2.83. The topological polar surface area (TPSA) is 55.6 Å². The summed E-state index contributed by atoms with van der Waals surface area (Å²) in [6.45, 7) is 5.97. The Bertz CT molecular complexity index is 552. The minimum absolute atomic E-state index is 0.0411. The first-order valence-corrected chi connectivity index (χ1v) is 7.76. The van der Waals surface area contributed by atoms with E-state index in [2.05, 4.69) is 35.0 Å². The zero-order valence-corrected chi connectivity index (χ0v) is 12.8. The third-order valence-corrected chi connectivity index (χ3v) is 4.35. The van der Waals surface area contributed by atoms with Gasteiger partial charge in [-0.1, -0.05) is 0 Å². The quantitative estimate of drug-likeness (QED) is 0.667. The van der Waals surface area contributed by atoms with E-state index in [0.717, 1.165) is 44.4 Å². The minimum atomic E-state index is 0.0411. The monoisotopic (exact) mass is 289 g/mol. The van der Waals surface area contributed by atoms with Crippen LogP contribution in [0, 0.1) is 19.8 Å². The lowest BCUT2D eigenvalue weighted by atomic mass is 10.2. The summed E-state index contributed by atoms with van der Waals surface area (Å²) in [4.78, 5) is 11.5. The number of nitrogens with zero attached hydrogens (tertiary/aromatic N) is 2. The zero-order valence-electron chi connectivity index (χ0n) is 12.8. The van der Waals surface area contributed by atoms with Gasteiger partial charge in [-0.3, -0.25) is 4.79 Å². The van der Waals surface area contributed by atoms with Crippen LogP contribution in [0.5, 0.6) is 0 Å². The molecule has 2 aliphatic rings. The van der Waals surface area contributed by atoms with Gasteiger partial charge in [0.25, 0.3) is 0 Å². The molecule has 0 aromatic carbocycles. The van der Waals surface area contributed by atoms with Crippen LogP contribution in [-0.4, -0.2) is 29.4 Å². The Morgan fingerprint density at radius 3 is 2.95 bits per heavy atom. The molecule has 1 amide bonds. The summed E-state index contributed by atoms with van der Waals surface area (Å²) in [5, 5.41) is 4.08. The zero-order chi connectivity index (χ0) is 14.8. The Kier molecular flexibility index (Phi) is 4.10. The van der Waals surface area contributed by atoms with Gasteiger partial charge in [0.2, 0.25) is 5.91 Å². The molecule has 0 radical (unpaired) electrons. The van der Waals surface area contributed by atoms with Gasteiger partial charge in [0.1, 0.15) is 0 Å². The molecule has 1 aromatic heterocycles. The summed E-state index contributed by atoms with van der Waals surface area (Å²) in [7, 11) is 0. The van der Waals surface area contributed by atoms with Crippen molar-refractivity contribution >= 4 is 12.1 Å². The van der Waals surface area contributed by atoms with Crippen molar-refractivity contribution < 1.29 is 9.53 Å². The van der Waals surface area contributed by atoms with E-state index in [9.17, 15) is 4.79 Å². The maximum absolute atomic E-state index is 11.5. The second-order valence-electron chi connectivity index (χ2n) is 6.08. The molecule has 2 heterocycles. The first-order chi connectivity index (χ1) is 10.1. The van der Waals surface area contributed by atoms with Crippen molar-refractivity contribution in [1.82, 2.24) is 9.99 Å². The average molecular weight is 289 g/mol. The maximum atomic E-state index is 11.5. The van der Waals surface area contributed by atoms with Crippen LogP contribution in [-0.2, 0) is 16.1 Å². The molecule has 1 aliphatic heterocycles. The van der Waals surface area contributed by atoms with Crippen molar-refractivity contribution in [3.63, 3.8) is 0 Å². The van der Waals surface area contributed by atoms with Gasteiger partial charge in [-0.05, 0) is 45.6 Å². The van der Waals surface area contributed by atoms with Gasteiger partial charge < -0.3 is 9.30 Å². The number of hydrazone groups is 1. The second kappa shape index (κ2) is 6.02. The Balaban J connectivity index is 1.64. The van der Waals surface area contributed by atoms with Crippen molar-refractivity contribution in [2.24, 2.45) is 11.0 Å². The van der Waals surface area contributed by atoms with Crippen LogP contribution >= 0.6 is 0 Å². The molecule has 0 unspecified atom stereocenters. The van der Waals surface area contributed by atoms with Gasteiger partial charge in [0.05, 0.1) is 12.3 Å². The molecule has 3 rings (SSSR count). The van der Waals surface area contributed by atoms with Crippen LogP contribution in [0.3, 0.4) is 0 Å². The van der Waals surface area contributed by atoms with E-state index in [4.69, 9.17) is 4.74 Å². The van der Waals surface area contributed by atoms with E-state index in [-0.39, 0.29) is 11.8 Å². The fraction of sp³-hybridized carbons (Fsp3) is 0.625. The van der Waals surface area contributed by atoms with E-state index >= 15 is 0 Å². The summed E-state index contributed by atoms with van der Waals surface area (Å²) >= 11 is 0. The van der Waals surface area contributed by atoms with Crippen molar-refractivity contribution in [1.29, 1.82) is 0 Å². The lowest BCUT2D eigenvalue weighted by molar-refractivity contribution is -0.122. The maximum Gasteiger partial charge on any atom is 0.243 e. The van der Waals surface area contributed by atoms with Crippen molar-refractivity contribution in [2.45, 2.75) is 52.2 Å². The van der Waals surface area contributed by atoms with Gasteiger partial charge in [0.15, 0.2) is 0 Å². The highest BCUT2D eigenvalue weighted by molar-refractivity contribution is 5.85. The second-order valence-corrected chi connectivity index (χ2v) is 6.08. The SMILES string of the molecule is Cc1cc(/C=N\NC(=O)C2CC2)c(C)n1C[C@H]1CCCO1.